The molecule has 6 rings (SSSR count). The molecule has 0 spiro atoms. The second-order valence-electron chi connectivity index (χ2n) is 11.3. The number of amides is 1. The Morgan fingerprint density at radius 2 is 1.80 bits per heavy atom. The average Bonchev–Trinajstić information content (AvgIpc) is 3.33. The van der Waals surface area contributed by atoms with Crippen molar-refractivity contribution in [2.24, 2.45) is 10.9 Å². The van der Waals surface area contributed by atoms with Crippen LogP contribution in [0.4, 0.5) is 0 Å². The fourth-order valence-corrected chi connectivity index (χ4v) is 6.19. The van der Waals surface area contributed by atoms with Gasteiger partial charge in [-0.1, -0.05) is 66.7 Å². The van der Waals surface area contributed by atoms with E-state index in [2.05, 4.69) is 10.3 Å². The summed E-state index contributed by atoms with van der Waals surface area (Å²) in [6, 6.07) is 22.8. The highest BCUT2D eigenvalue weighted by atomic mass is 16.5. The topological polar surface area (TPSA) is 114 Å². The first kappa shape index (κ1) is 28.9. The van der Waals surface area contributed by atoms with Crippen molar-refractivity contribution in [2.75, 3.05) is 7.11 Å². The number of nitrogens with one attached hydrogen (secondary N) is 1. The molecule has 1 aliphatic carbocycles. The number of aryl methyl sites for hydroxylation is 1. The number of rotatable bonds is 7. The standard InChI is InChI=1S/C36H32N2O6/c1-20-14-15-23-12-8-9-13-24(23)25(20)19-38-35(42)31-28(43-4)16-27(40)32-33(31)44-29-17-26(39)30(34(41)36(29,32)3)21(2)37-18-22-10-6-5-7-11-22/h5-17,30,40H,18-19H2,1-4H3,(H,38,42)/t30?,36-/m1/s1. The van der Waals surface area contributed by atoms with Crippen molar-refractivity contribution in [2.45, 2.75) is 39.3 Å². The van der Waals surface area contributed by atoms with E-state index in [0.717, 1.165) is 27.5 Å². The molecule has 2 aliphatic rings. The predicted octanol–water partition coefficient (Wildman–Crippen LogP) is 5.76. The number of aliphatic imine (C=N–C) groups is 1. The Labute approximate surface area is 255 Å². The Kier molecular flexibility index (Phi) is 7.29. The molecule has 1 heterocycles. The van der Waals surface area contributed by atoms with Gasteiger partial charge in [0.25, 0.3) is 5.91 Å². The molecule has 1 unspecified atom stereocenters. The van der Waals surface area contributed by atoms with E-state index in [1.54, 1.807) is 13.8 Å². The van der Waals surface area contributed by atoms with Gasteiger partial charge in [-0.15, -0.1) is 0 Å². The molecule has 0 fully saturated rings. The zero-order chi connectivity index (χ0) is 31.2. The van der Waals surface area contributed by atoms with E-state index in [1.165, 1.54) is 19.3 Å². The smallest absolute Gasteiger partial charge is 0.259 e. The molecule has 2 atom stereocenters. The van der Waals surface area contributed by atoms with E-state index < -0.39 is 28.8 Å². The maximum absolute atomic E-state index is 14.1. The molecule has 4 aromatic rings. The highest BCUT2D eigenvalue weighted by Crippen LogP contribution is 2.56. The summed E-state index contributed by atoms with van der Waals surface area (Å²) in [6.07, 6.45) is 1.28. The quantitative estimate of drug-likeness (QED) is 0.210. The van der Waals surface area contributed by atoms with Gasteiger partial charge < -0.3 is 19.9 Å². The van der Waals surface area contributed by atoms with Gasteiger partial charge in [0, 0.05) is 24.4 Å². The zero-order valence-corrected chi connectivity index (χ0v) is 24.9. The van der Waals surface area contributed by atoms with Crippen molar-refractivity contribution in [1.29, 1.82) is 0 Å². The highest BCUT2D eigenvalue weighted by Gasteiger charge is 2.57. The second-order valence-corrected chi connectivity index (χ2v) is 11.3. The van der Waals surface area contributed by atoms with Crippen LogP contribution in [0.25, 0.3) is 10.8 Å². The van der Waals surface area contributed by atoms with Crippen molar-refractivity contribution in [3.63, 3.8) is 0 Å². The molecule has 44 heavy (non-hydrogen) atoms. The fourth-order valence-electron chi connectivity index (χ4n) is 6.19. The summed E-state index contributed by atoms with van der Waals surface area (Å²) >= 11 is 0. The SMILES string of the molecule is COc1cc(O)c2c(c1C(=O)NCc1c(C)ccc3ccccc13)OC1=CC(=O)C(C(C)=NCc3ccccc3)C(=O)[C@]12C. The van der Waals surface area contributed by atoms with Gasteiger partial charge in [0.05, 0.1) is 19.2 Å². The minimum Gasteiger partial charge on any atom is -0.507 e. The summed E-state index contributed by atoms with van der Waals surface area (Å²) < 4.78 is 11.6. The van der Waals surface area contributed by atoms with Crippen LogP contribution in [-0.4, -0.2) is 35.4 Å². The van der Waals surface area contributed by atoms with Crippen LogP contribution in [0.15, 0.2) is 89.6 Å². The van der Waals surface area contributed by atoms with Crippen LogP contribution in [0.3, 0.4) is 0 Å². The van der Waals surface area contributed by atoms with Gasteiger partial charge in [0.15, 0.2) is 17.3 Å². The summed E-state index contributed by atoms with van der Waals surface area (Å²) in [5.41, 5.74) is 1.92. The highest BCUT2D eigenvalue weighted by molar-refractivity contribution is 6.28. The second kappa shape index (κ2) is 11.1. The first-order valence-electron chi connectivity index (χ1n) is 14.4. The number of phenolic OH excluding ortho intramolecular Hbond substituents is 1. The summed E-state index contributed by atoms with van der Waals surface area (Å²) in [5, 5.41) is 16.2. The monoisotopic (exact) mass is 588 g/mol. The third kappa shape index (κ3) is 4.63. The lowest BCUT2D eigenvalue weighted by molar-refractivity contribution is -0.131. The number of aromatic hydroxyl groups is 1. The number of ketones is 2. The third-order valence-electron chi connectivity index (χ3n) is 8.66. The normalized spacial score (nSPS) is 19.2. The van der Waals surface area contributed by atoms with Crippen LogP contribution >= 0.6 is 0 Å². The fraction of sp³-hybridized carbons (Fsp3) is 0.222. The molecule has 1 aliphatic heterocycles. The number of ether oxygens (including phenoxy) is 2. The van der Waals surface area contributed by atoms with Crippen molar-refractivity contribution in [3.8, 4) is 17.2 Å². The third-order valence-corrected chi connectivity index (χ3v) is 8.66. The van der Waals surface area contributed by atoms with Gasteiger partial charge in [-0.2, -0.15) is 0 Å². The summed E-state index contributed by atoms with van der Waals surface area (Å²) in [4.78, 5) is 45.8. The zero-order valence-electron chi connectivity index (χ0n) is 24.9. The number of nitrogens with zero attached hydrogens (tertiary/aromatic N) is 1. The molecule has 4 aromatic carbocycles. The van der Waals surface area contributed by atoms with E-state index in [9.17, 15) is 19.5 Å². The number of carbonyl (C=O) groups excluding carboxylic acids is 3. The number of methoxy groups -OCH3 is 1. The molecule has 0 saturated heterocycles. The summed E-state index contributed by atoms with van der Waals surface area (Å²) in [7, 11) is 1.38. The Balaban J connectivity index is 1.36. The Morgan fingerprint density at radius 3 is 2.55 bits per heavy atom. The predicted molar refractivity (Wildman–Crippen MR) is 167 cm³/mol. The number of phenols is 1. The van der Waals surface area contributed by atoms with E-state index in [4.69, 9.17) is 9.47 Å². The van der Waals surface area contributed by atoms with Gasteiger partial charge in [0.1, 0.15) is 34.2 Å². The van der Waals surface area contributed by atoms with Crippen molar-refractivity contribution in [3.05, 3.63) is 112 Å². The van der Waals surface area contributed by atoms with Gasteiger partial charge in [-0.05, 0) is 48.2 Å². The summed E-state index contributed by atoms with van der Waals surface area (Å²) in [5.74, 6) is -2.77. The molecule has 222 valence electrons. The lowest BCUT2D eigenvalue weighted by Gasteiger charge is -2.31. The number of fused-ring (bicyclic) bond motifs is 4. The maximum atomic E-state index is 14.1. The van der Waals surface area contributed by atoms with Gasteiger partial charge >= 0.3 is 0 Å². The molecule has 0 bridgehead atoms. The number of allylic oxidation sites excluding steroid dienone is 2. The molecule has 0 saturated carbocycles. The van der Waals surface area contributed by atoms with E-state index in [1.807, 2.05) is 73.7 Å². The van der Waals surface area contributed by atoms with Gasteiger partial charge in [-0.3, -0.25) is 19.4 Å². The molecular weight excluding hydrogens is 556 g/mol. The molecule has 0 radical (unpaired) electrons. The van der Waals surface area contributed by atoms with Crippen LogP contribution in [0.5, 0.6) is 17.2 Å². The molecule has 2 N–H and O–H groups in total. The summed E-state index contributed by atoms with van der Waals surface area (Å²) in [6.45, 7) is 5.78. The van der Waals surface area contributed by atoms with Crippen LogP contribution in [-0.2, 0) is 28.1 Å². The minimum atomic E-state index is -1.52. The molecule has 8 nitrogen and oxygen atoms in total. The van der Waals surface area contributed by atoms with Crippen molar-refractivity contribution in [1.82, 2.24) is 5.32 Å². The number of Topliss-reactive ketones (excluding diaryl/α,β-unsaturated/α-hetero) is 1. The maximum Gasteiger partial charge on any atom is 0.259 e. The number of hydrogen-bond donors (Lipinski definition) is 2. The molecular formula is C36H32N2O6. The Bertz CT molecular complexity index is 1910. The lowest BCUT2D eigenvalue weighted by Crippen LogP contribution is -2.47. The van der Waals surface area contributed by atoms with Gasteiger partial charge in [0.2, 0.25) is 0 Å². The molecule has 1 amide bonds. The first-order chi connectivity index (χ1) is 21.1. The number of benzene rings is 4. The van der Waals surface area contributed by atoms with Gasteiger partial charge in [-0.25, -0.2) is 0 Å². The van der Waals surface area contributed by atoms with Crippen molar-refractivity contribution >= 4 is 34.0 Å². The lowest BCUT2D eigenvalue weighted by atomic mass is 9.67. The van der Waals surface area contributed by atoms with Crippen molar-refractivity contribution < 1.29 is 29.0 Å². The average molecular weight is 589 g/mol. The van der Waals surface area contributed by atoms with Crippen LogP contribution in [0.1, 0.15) is 46.5 Å². The molecule has 0 aromatic heterocycles. The van der Waals surface area contributed by atoms with Crippen LogP contribution < -0.4 is 14.8 Å². The molecule has 8 heteroatoms. The first-order valence-corrected chi connectivity index (χ1v) is 14.4. The number of carbonyl (C=O) groups is 3. The number of hydrogen-bond acceptors (Lipinski definition) is 7. The van der Waals surface area contributed by atoms with E-state index in [0.29, 0.717) is 12.3 Å². The largest absolute Gasteiger partial charge is 0.507 e. The van der Waals surface area contributed by atoms with Crippen LogP contribution in [0, 0.1) is 12.8 Å². The Morgan fingerprint density at radius 1 is 1.07 bits per heavy atom. The van der Waals surface area contributed by atoms with E-state index in [-0.39, 0.29) is 40.7 Å². The van der Waals surface area contributed by atoms with E-state index >= 15 is 0 Å². The Hall–Kier alpha value is -5.24. The minimum absolute atomic E-state index is 0.0107. The van der Waals surface area contributed by atoms with Crippen LogP contribution in [0.2, 0.25) is 0 Å².